The van der Waals surface area contributed by atoms with Gasteiger partial charge in [-0.05, 0) is 37.5 Å². The van der Waals surface area contributed by atoms with Gasteiger partial charge in [0, 0.05) is 11.1 Å². The zero-order chi connectivity index (χ0) is 14.9. The third-order valence-corrected chi connectivity index (χ3v) is 5.66. The summed E-state index contributed by atoms with van der Waals surface area (Å²) < 4.78 is 38.8. The maximum absolute atomic E-state index is 12.4. The third kappa shape index (κ3) is 3.57. The SMILES string of the molecule is O=S(=O)(NC1CCC2OCCOC2C1)c1cccc(Cl)c1. The molecule has 0 spiro atoms. The molecule has 5 nitrogen and oxygen atoms in total. The van der Waals surface area contributed by atoms with Crippen LogP contribution in [0.2, 0.25) is 5.02 Å². The average Bonchev–Trinajstić information content (AvgIpc) is 2.47. The van der Waals surface area contributed by atoms with E-state index < -0.39 is 10.0 Å². The van der Waals surface area contributed by atoms with Crippen molar-refractivity contribution < 1.29 is 17.9 Å². The Morgan fingerprint density at radius 1 is 1.14 bits per heavy atom. The van der Waals surface area contributed by atoms with Crippen molar-refractivity contribution in [2.75, 3.05) is 13.2 Å². The van der Waals surface area contributed by atoms with Gasteiger partial charge in [0.1, 0.15) is 0 Å². The van der Waals surface area contributed by atoms with Gasteiger partial charge in [-0.25, -0.2) is 13.1 Å². The number of hydrogen-bond acceptors (Lipinski definition) is 4. The molecule has 3 atom stereocenters. The van der Waals surface area contributed by atoms with Crippen molar-refractivity contribution in [3.63, 3.8) is 0 Å². The van der Waals surface area contributed by atoms with Crippen LogP contribution in [0, 0.1) is 0 Å². The molecule has 0 aromatic heterocycles. The molecule has 21 heavy (non-hydrogen) atoms. The summed E-state index contributed by atoms with van der Waals surface area (Å²) in [4.78, 5) is 0.193. The van der Waals surface area contributed by atoms with E-state index in [1.165, 1.54) is 6.07 Å². The second-order valence-corrected chi connectivity index (χ2v) is 7.56. The minimum atomic E-state index is -3.55. The molecule has 3 unspecified atom stereocenters. The zero-order valence-corrected chi connectivity index (χ0v) is 13.1. The van der Waals surface area contributed by atoms with Crippen LogP contribution >= 0.6 is 11.6 Å². The summed E-state index contributed by atoms with van der Waals surface area (Å²) in [6.07, 6.45) is 2.30. The fourth-order valence-electron chi connectivity index (χ4n) is 2.90. The Balaban J connectivity index is 1.68. The van der Waals surface area contributed by atoms with E-state index in [0.29, 0.717) is 24.7 Å². The minimum absolute atomic E-state index is 0.0143. The molecule has 1 saturated heterocycles. The van der Waals surface area contributed by atoms with E-state index in [9.17, 15) is 8.42 Å². The molecule has 2 fully saturated rings. The Bertz CT molecular complexity index is 607. The van der Waals surface area contributed by atoms with Crippen molar-refractivity contribution in [2.45, 2.75) is 42.4 Å². The predicted molar refractivity (Wildman–Crippen MR) is 78.9 cm³/mol. The van der Waals surface area contributed by atoms with Crippen LogP contribution in [0.1, 0.15) is 19.3 Å². The van der Waals surface area contributed by atoms with Crippen LogP contribution in [-0.2, 0) is 19.5 Å². The van der Waals surface area contributed by atoms with Gasteiger partial charge in [-0.2, -0.15) is 0 Å². The lowest BCUT2D eigenvalue weighted by atomic mass is 9.90. The Morgan fingerprint density at radius 3 is 2.67 bits per heavy atom. The van der Waals surface area contributed by atoms with Crippen LogP contribution < -0.4 is 4.72 Å². The zero-order valence-electron chi connectivity index (χ0n) is 11.5. The van der Waals surface area contributed by atoms with Crippen LogP contribution in [-0.4, -0.2) is 39.9 Å². The molecule has 1 aromatic rings. The number of ether oxygens (including phenoxy) is 2. The minimum Gasteiger partial charge on any atom is -0.373 e. The molecule has 1 aliphatic heterocycles. The second kappa shape index (κ2) is 6.22. The van der Waals surface area contributed by atoms with Crippen molar-refractivity contribution in [1.29, 1.82) is 0 Å². The molecular weight excluding hydrogens is 314 g/mol. The molecule has 3 rings (SSSR count). The predicted octanol–water partition coefficient (Wildman–Crippen LogP) is 1.95. The highest BCUT2D eigenvalue weighted by Crippen LogP contribution is 2.28. The molecule has 1 saturated carbocycles. The number of sulfonamides is 1. The number of nitrogens with one attached hydrogen (secondary N) is 1. The quantitative estimate of drug-likeness (QED) is 0.919. The van der Waals surface area contributed by atoms with E-state index in [1.54, 1.807) is 18.2 Å². The first-order chi connectivity index (χ1) is 10.0. The molecular formula is C14H18ClNO4S. The Kier molecular flexibility index (Phi) is 4.51. The van der Waals surface area contributed by atoms with Gasteiger partial charge >= 0.3 is 0 Å². The summed E-state index contributed by atoms with van der Waals surface area (Å²) in [5.74, 6) is 0. The second-order valence-electron chi connectivity index (χ2n) is 5.41. The number of hydrogen-bond donors (Lipinski definition) is 1. The molecule has 0 radical (unpaired) electrons. The highest BCUT2D eigenvalue weighted by molar-refractivity contribution is 7.89. The normalized spacial score (nSPS) is 29.9. The molecule has 0 amide bonds. The smallest absolute Gasteiger partial charge is 0.240 e. The van der Waals surface area contributed by atoms with Crippen LogP contribution in [0.25, 0.3) is 0 Å². The largest absolute Gasteiger partial charge is 0.373 e. The molecule has 2 aliphatic rings. The van der Waals surface area contributed by atoms with Gasteiger partial charge in [0.25, 0.3) is 0 Å². The van der Waals surface area contributed by atoms with Crippen molar-refractivity contribution in [1.82, 2.24) is 4.72 Å². The standard InChI is InChI=1S/C14H18ClNO4S/c15-10-2-1-3-12(8-10)21(17,18)16-11-4-5-13-14(9-11)20-7-6-19-13/h1-3,8,11,13-14,16H,4-7,9H2. The number of benzene rings is 1. The fourth-order valence-corrected chi connectivity index (χ4v) is 4.48. The van der Waals surface area contributed by atoms with Crippen molar-refractivity contribution >= 4 is 21.6 Å². The molecule has 1 N–H and O–H groups in total. The highest BCUT2D eigenvalue weighted by atomic mass is 35.5. The highest BCUT2D eigenvalue weighted by Gasteiger charge is 2.35. The van der Waals surface area contributed by atoms with Gasteiger partial charge in [0.05, 0.1) is 30.3 Å². The fraction of sp³-hybridized carbons (Fsp3) is 0.571. The van der Waals surface area contributed by atoms with E-state index >= 15 is 0 Å². The summed E-state index contributed by atoms with van der Waals surface area (Å²) in [6, 6.07) is 6.15. The monoisotopic (exact) mass is 331 g/mol. The Hall–Kier alpha value is -0.660. The summed E-state index contributed by atoms with van der Waals surface area (Å²) in [5.41, 5.74) is 0. The Labute approximate surface area is 129 Å². The summed E-state index contributed by atoms with van der Waals surface area (Å²) in [6.45, 7) is 1.20. The van der Waals surface area contributed by atoms with E-state index in [2.05, 4.69) is 4.72 Å². The maximum atomic E-state index is 12.4. The van der Waals surface area contributed by atoms with Crippen molar-refractivity contribution in [3.8, 4) is 0 Å². The van der Waals surface area contributed by atoms with Crippen LogP contribution in [0.15, 0.2) is 29.2 Å². The number of halogens is 1. The van der Waals surface area contributed by atoms with Gasteiger partial charge in [-0.15, -0.1) is 0 Å². The lowest BCUT2D eigenvalue weighted by molar-refractivity contribution is -0.156. The number of rotatable bonds is 3. The van der Waals surface area contributed by atoms with Crippen LogP contribution in [0.4, 0.5) is 0 Å². The number of fused-ring (bicyclic) bond motifs is 1. The lowest BCUT2D eigenvalue weighted by Crippen LogP contribution is -2.49. The molecule has 0 bridgehead atoms. The maximum Gasteiger partial charge on any atom is 0.240 e. The van der Waals surface area contributed by atoms with Gasteiger partial charge < -0.3 is 9.47 Å². The van der Waals surface area contributed by atoms with Gasteiger partial charge in [-0.1, -0.05) is 17.7 Å². The van der Waals surface area contributed by atoms with Crippen LogP contribution in [0.5, 0.6) is 0 Å². The van der Waals surface area contributed by atoms with Crippen molar-refractivity contribution in [3.05, 3.63) is 29.3 Å². The summed E-state index contributed by atoms with van der Waals surface area (Å²) in [7, 11) is -3.55. The van der Waals surface area contributed by atoms with E-state index in [-0.39, 0.29) is 23.1 Å². The van der Waals surface area contributed by atoms with Crippen LogP contribution in [0.3, 0.4) is 0 Å². The first kappa shape index (κ1) is 15.2. The van der Waals surface area contributed by atoms with Crippen molar-refractivity contribution in [2.24, 2.45) is 0 Å². The first-order valence-electron chi connectivity index (χ1n) is 7.06. The Morgan fingerprint density at radius 2 is 1.90 bits per heavy atom. The molecule has 7 heteroatoms. The van der Waals surface area contributed by atoms with Gasteiger partial charge in [0.15, 0.2) is 0 Å². The molecule has 116 valence electrons. The lowest BCUT2D eigenvalue weighted by Gasteiger charge is -2.38. The summed E-state index contributed by atoms with van der Waals surface area (Å²) in [5, 5.41) is 0.408. The third-order valence-electron chi connectivity index (χ3n) is 3.91. The van der Waals surface area contributed by atoms with E-state index in [4.69, 9.17) is 21.1 Å². The molecule has 1 heterocycles. The van der Waals surface area contributed by atoms with Gasteiger partial charge in [-0.3, -0.25) is 0 Å². The first-order valence-corrected chi connectivity index (χ1v) is 8.92. The summed E-state index contributed by atoms with van der Waals surface area (Å²) >= 11 is 5.86. The molecule has 1 aromatic carbocycles. The topological polar surface area (TPSA) is 64.6 Å². The van der Waals surface area contributed by atoms with E-state index in [0.717, 1.165) is 12.8 Å². The van der Waals surface area contributed by atoms with E-state index in [1.807, 2.05) is 0 Å². The average molecular weight is 332 g/mol. The molecule has 1 aliphatic carbocycles. The van der Waals surface area contributed by atoms with Gasteiger partial charge in [0.2, 0.25) is 10.0 Å².